The fourth-order valence-electron chi connectivity index (χ4n) is 3.81. The quantitative estimate of drug-likeness (QED) is 0.856. The van der Waals surface area contributed by atoms with Gasteiger partial charge in [-0.25, -0.2) is 0 Å². The Hall–Kier alpha value is -2.14. The molecule has 2 fully saturated rings. The van der Waals surface area contributed by atoms with Crippen molar-refractivity contribution < 1.29 is 14.3 Å². The molecule has 134 valence electrons. The first-order valence-corrected chi connectivity index (χ1v) is 9.03. The molecule has 1 N–H and O–H groups in total. The molecule has 5 nitrogen and oxygen atoms in total. The summed E-state index contributed by atoms with van der Waals surface area (Å²) < 4.78 is 5.41. The van der Waals surface area contributed by atoms with Gasteiger partial charge in [-0.2, -0.15) is 0 Å². The van der Waals surface area contributed by atoms with Gasteiger partial charge in [-0.15, -0.1) is 0 Å². The second-order valence-corrected chi connectivity index (χ2v) is 6.89. The first-order valence-electron chi connectivity index (χ1n) is 9.03. The van der Waals surface area contributed by atoms with Crippen molar-refractivity contribution in [3.63, 3.8) is 0 Å². The Balaban J connectivity index is 1.64. The SMILES string of the molecule is C=CC(=O)N1[C@@H](C)CC[C@H]1C(=O)Nc1ccc(C2CCOCC2)cc1. The van der Waals surface area contributed by atoms with Crippen molar-refractivity contribution in [2.75, 3.05) is 18.5 Å². The number of nitrogens with one attached hydrogen (secondary N) is 1. The van der Waals surface area contributed by atoms with Crippen molar-refractivity contribution in [1.29, 1.82) is 0 Å². The minimum atomic E-state index is -0.421. The summed E-state index contributed by atoms with van der Waals surface area (Å²) in [6.07, 6.45) is 4.90. The fourth-order valence-corrected chi connectivity index (χ4v) is 3.81. The molecule has 2 aliphatic rings. The van der Waals surface area contributed by atoms with Crippen molar-refractivity contribution in [2.45, 2.75) is 50.6 Å². The van der Waals surface area contributed by atoms with Crippen molar-refractivity contribution in [3.05, 3.63) is 42.5 Å². The highest BCUT2D eigenvalue weighted by molar-refractivity contribution is 5.99. The van der Waals surface area contributed by atoms with Gasteiger partial charge >= 0.3 is 0 Å². The van der Waals surface area contributed by atoms with Crippen LogP contribution in [-0.4, -0.2) is 42.0 Å². The molecule has 0 radical (unpaired) electrons. The molecule has 0 bridgehead atoms. The van der Waals surface area contributed by atoms with Crippen molar-refractivity contribution in [1.82, 2.24) is 4.90 Å². The maximum atomic E-state index is 12.6. The number of amides is 2. The summed E-state index contributed by atoms with van der Waals surface area (Å²) in [7, 11) is 0. The van der Waals surface area contributed by atoms with Crippen molar-refractivity contribution >= 4 is 17.5 Å². The molecular formula is C20H26N2O3. The van der Waals surface area contributed by atoms with E-state index in [-0.39, 0.29) is 17.9 Å². The molecular weight excluding hydrogens is 316 g/mol. The van der Waals surface area contributed by atoms with Crippen LogP contribution in [-0.2, 0) is 14.3 Å². The van der Waals surface area contributed by atoms with Crippen molar-refractivity contribution in [3.8, 4) is 0 Å². The molecule has 3 rings (SSSR count). The second-order valence-electron chi connectivity index (χ2n) is 6.89. The standard InChI is InChI=1S/C20H26N2O3/c1-3-19(23)22-14(2)4-9-18(22)20(24)21-17-7-5-15(6-8-17)16-10-12-25-13-11-16/h3,5-8,14,16,18H,1,4,9-13H2,2H3,(H,21,24)/t14-,18-/m0/s1. The highest BCUT2D eigenvalue weighted by Crippen LogP contribution is 2.28. The summed E-state index contributed by atoms with van der Waals surface area (Å²) in [4.78, 5) is 26.3. The molecule has 2 aliphatic heterocycles. The van der Waals surface area contributed by atoms with Gasteiger partial charge in [0.1, 0.15) is 6.04 Å². The van der Waals surface area contributed by atoms with E-state index in [1.165, 1.54) is 11.6 Å². The number of carbonyl (C=O) groups excluding carboxylic acids is 2. The zero-order chi connectivity index (χ0) is 17.8. The van der Waals surface area contributed by atoms with Crippen LogP contribution in [0.5, 0.6) is 0 Å². The van der Waals surface area contributed by atoms with Gasteiger partial charge in [-0.1, -0.05) is 18.7 Å². The molecule has 2 amide bonds. The van der Waals surface area contributed by atoms with Crippen molar-refractivity contribution in [2.24, 2.45) is 0 Å². The Bertz CT molecular complexity index is 635. The monoisotopic (exact) mass is 342 g/mol. The molecule has 2 heterocycles. The largest absolute Gasteiger partial charge is 0.381 e. The van der Waals surface area contributed by atoms with Gasteiger partial charge in [0.15, 0.2) is 0 Å². The summed E-state index contributed by atoms with van der Waals surface area (Å²) in [5, 5.41) is 2.95. The van der Waals surface area contributed by atoms with E-state index in [9.17, 15) is 9.59 Å². The zero-order valence-corrected chi connectivity index (χ0v) is 14.7. The number of rotatable bonds is 4. The number of benzene rings is 1. The van der Waals surface area contributed by atoms with Gasteiger partial charge in [0.05, 0.1) is 0 Å². The first kappa shape index (κ1) is 17.7. The maximum absolute atomic E-state index is 12.6. The molecule has 1 aromatic carbocycles. The third-order valence-corrected chi connectivity index (χ3v) is 5.27. The van der Waals surface area contributed by atoms with E-state index in [0.717, 1.165) is 38.2 Å². The Kier molecular flexibility index (Phi) is 5.53. The van der Waals surface area contributed by atoms with Crippen LogP contribution in [0.2, 0.25) is 0 Å². The normalized spacial score (nSPS) is 24.1. The number of ether oxygens (including phenoxy) is 1. The first-order chi connectivity index (χ1) is 12.1. The topological polar surface area (TPSA) is 58.6 Å². The molecule has 0 saturated carbocycles. The summed E-state index contributed by atoms with van der Waals surface area (Å²) in [6.45, 7) is 7.14. The van der Waals surface area contributed by atoms with Gasteiger partial charge in [0.2, 0.25) is 11.8 Å². The van der Waals surface area contributed by atoms with Crippen LogP contribution in [0.1, 0.15) is 44.1 Å². The lowest BCUT2D eigenvalue weighted by Crippen LogP contribution is -2.45. The summed E-state index contributed by atoms with van der Waals surface area (Å²) in [6, 6.07) is 7.69. The van der Waals surface area contributed by atoms with E-state index >= 15 is 0 Å². The highest BCUT2D eigenvalue weighted by Gasteiger charge is 2.37. The lowest BCUT2D eigenvalue weighted by molar-refractivity contribution is -0.134. The summed E-state index contributed by atoms with van der Waals surface area (Å²) >= 11 is 0. The molecule has 0 spiro atoms. The van der Waals surface area contributed by atoms with E-state index in [2.05, 4.69) is 24.0 Å². The van der Waals surface area contributed by atoms with E-state index in [1.54, 1.807) is 4.90 Å². The molecule has 0 aliphatic carbocycles. The van der Waals surface area contributed by atoms with Crippen LogP contribution in [0.25, 0.3) is 0 Å². The molecule has 2 atom stereocenters. The molecule has 25 heavy (non-hydrogen) atoms. The third kappa shape index (κ3) is 3.93. The third-order valence-electron chi connectivity index (χ3n) is 5.27. The lowest BCUT2D eigenvalue weighted by Gasteiger charge is -2.26. The number of nitrogens with zero attached hydrogens (tertiary/aromatic N) is 1. The van der Waals surface area contributed by atoms with Crippen LogP contribution in [0.3, 0.4) is 0 Å². The van der Waals surface area contributed by atoms with Gasteiger partial charge in [-0.3, -0.25) is 9.59 Å². The molecule has 2 saturated heterocycles. The second kappa shape index (κ2) is 7.83. The van der Waals surface area contributed by atoms with E-state index < -0.39 is 6.04 Å². The van der Waals surface area contributed by atoms with Crippen LogP contribution in [0.15, 0.2) is 36.9 Å². The highest BCUT2D eigenvalue weighted by atomic mass is 16.5. The maximum Gasteiger partial charge on any atom is 0.247 e. The summed E-state index contributed by atoms with van der Waals surface area (Å²) in [5.74, 6) is 0.230. The number of hydrogen-bond donors (Lipinski definition) is 1. The molecule has 0 aromatic heterocycles. The van der Waals surface area contributed by atoms with Crippen LogP contribution in [0, 0.1) is 0 Å². The smallest absolute Gasteiger partial charge is 0.247 e. The van der Waals surface area contributed by atoms with Gasteiger partial charge in [0.25, 0.3) is 0 Å². The zero-order valence-electron chi connectivity index (χ0n) is 14.7. The predicted octanol–water partition coefficient (Wildman–Crippen LogP) is 3.08. The molecule has 5 heteroatoms. The average molecular weight is 342 g/mol. The van der Waals surface area contributed by atoms with Gasteiger partial charge in [0, 0.05) is 24.9 Å². The number of carbonyl (C=O) groups is 2. The minimum Gasteiger partial charge on any atom is -0.381 e. The fraction of sp³-hybridized carbons (Fsp3) is 0.500. The molecule has 1 aromatic rings. The van der Waals surface area contributed by atoms with Crippen LogP contribution >= 0.6 is 0 Å². The minimum absolute atomic E-state index is 0.0668. The lowest BCUT2D eigenvalue weighted by atomic mass is 9.92. The average Bonchev–Trinajstić information content (AvgIpc) is 3.04. The molecule has 0 unspecified atom stereocenters. The number of hydrogen-bond acceptors (Lipinski definition) is 3. The Labute approximate surface area is 149 Å². The number of likely N-dealkylation sites (tertiary alicyclic amines) is 1. The van der Waals surface area contributed by atoms with E-state index in [4.69, 9.17) is 4.74 Å². The van der Waals surface area contributed by atoms with E-state index in [1.807, 2.05) is 19.1 Å². The summed E-state index contributed by atoms with van der Waals surface area (Å²) in [5.41, 5.74) is 2.06. The van der Waals surface area contributed by atoms with Crippen LogP contribution < -0.4 is 5.32 Å². The number of anilines is 1. The van der Waals surface area contributed by atoms with Gasteiger partial charge < -0.3 is 15.0 Å². The Morgan fingerprint density at radius 1 is 1.16 bits per heavy atom. The van der Waals surface area contributed by atoms with Gasteiger partial charge in [-0.05, 0) is 62.3 Å². The van der Waals surface area contributed by atoms with Crippen LogP contribution in [0.4, 0.5) is 5.69 Å². The van der Waals surface area contributed by atoms with E-state index in [0.29, 0.717) is 12.3 Å². The Morgan fingerprint density at radius 3 is 2.48 bits per heavy atom. The predicted molar refractivity (Wildman–Crippen MR) is 97.4 cm³/mol. The Morgan fingerprint density at radius 2 is 1.84 bits per heavy atom.